The summed E-state index contributed by atoms with van der Waals surface area (Å²) in [5, 5.41) is 19.9. The van der Waals surface area contributed by atoms with E-state index in [1.165, 1.54) is 18.2 Å². The van der Waals surface area contributed by atoms with Crippen LogP contribution in [-0.4, -0.2) is 10.0 Å². The maximum Gasteiger partial charge on any atom is 0.270 e. The third-order valence-corrected chi connectivity index (χ3v) is 1.89. The van der Waals surface area contributed by atoms with Crippen molar-refractivity contribution in [3.63, 3.8) is 0 Å². The Morgan fingerprint density at radius 2 is 2.07 bits per heavy atom. The molecule has 0 heterocycles. The first-order chi connectivity index (χ1) is 6.32. The average Bonchev–Trinajstić information content (AvgIpc) is 2.02. The van der Waals surface area contributed by atoms with Crippen LogP contribution in [0.2, 0.25) is 0 Å². The van der Waals surface area contributed by atoms with E-state index in [-0.39, 0.29) is 11.4 Å². The standard InChI is InChI=1S/C9H12N2O3/c1-9(2,10)7-5-6(11(13)14)3-4-8(7)12/h3-5,12H,10H2,1-2H3. The van der Waals surface area contributed by atoms with Crippen molar-refractivity contribution < 1.29 is 10.0 Å². The lowest BCUT2D eigenvalue weighted by Crippen LogP contribution is -2.28. The minimum atomic E-state index is -0.796. The van der Waals surface area contributed by atoms with Gasteiger partial charge < -0.3 is 10.8 Å². The summed E-state index contributed by atoms with van der Waals surface area (Å²) in [4.78, 5) is 9.96. The van der Waals surface area contributed by atoms with Gasteiger partial charge in [0.05, 0.1) is 4.92 Å². The summed E-state index contributed by atoms with van der Waals surface area (Å²) in [6.07, 6.45) is 0. The van der Waals surface area contributed by atoms with E-state index in [1.807, 2.05) is 0 Å². The Labute approximate surface area is 81.3 Å². The zero-order chi connectivity index (χ0) is 10.9. The molecule has 0 aliphatic carbocycles. The molecule has 0 bridgehead atoms. The van der Waals surface area contributed by atoms with Crippen molar-refractivity contribution in [3.05, 3.63) is 33.9 Å². The number of nitrogens with zero attached hydrogens (tertiary/aromatic N) is 1. The Hall–Kier alpha value is -1.62. The molecule has 0 radical (unpaired) electrons. The van der Waals surface area contributed by atoms with E-state index in [9.17, 15) is 15.2 Å². The predicted octanol–water partition coefficient (Wildman–Crippen LogP) is 1.49. The second-order valence-corrected chi connectivity index (χ2v) is 3.68. The Bertz CT molecular complexity index is 369. The van der Waals surface area contributed by atoms with Gasteiger partial charge in [0.2, 0.25) is 0 Å². The highest BCUT2D eigenvalue weighted by Crippen LogP contribution is 2.30. The lowest BCUT2D eigenvalue weighted by atomic mass is 9.94. The fraction of sp³-hybridized carbons (Fsp3) is 0.333. The van der Waals surface area contributed by atoms with E-state index in [1.54, 1.807) is 13.8 Å². The lowest BCUT2D eigenvalue weighted by molar-refractivity contribution is -0.385. The van der Waals surface area contributed by atoms with E-state index >= 15 is 0 Å². The normalized spacial score (nSPS) is 11.4. The fourth-order valence-corrected chi connectivity index (χ4v) is 1.15. The summed E-state index contributed by atoms with van der Waals surface area (Å²) in [5.74, 6) is -0.0249. The SMILES string of the molecule is CC(C)(N)c1cc([N+](=O)[O-])ccc1O. The van der Waals surface area contributed by atoms with Gasteiger partial charge in [-0.3, -0.25) is 10.1 Å². The molecule has 76 valence electrons. The molecule has 0 amide bonds. The van der Waals surface area contributed by atoms with Gasteiger partial charge in [-0.2, -0.15) is 0 Å². The van der Waals surface area contributed by atoms with Crippen LogP contribution in [0.4, 0.5) is 5.69 Å². The fourth-order valence-electron chi connectivity index (χ4n) is 1.15. The third-order valence-electron chi connectivity index (χ3n) is 1.89. The number of aromatic hydroxyl groups is 1. The number of non-ortho nitro benzene ring substituents is 1. The summed E-state index contributed by atoms with van der Waals surface area (Å²) in [6.45, 7) is 3.34. The molecule has 1 rings (SSSR count). The molecule has 0 unspecified atom stereocenters. The summed E-state index contributed by atoms with van der Waals surface area (Å²) in [5.41, 5.74) is 5.24. The van der Waals surface area contributed by atoms with Crippen LogP contribution in [0, 0.1) is 10.1 Å². The number of phenols is 1. The van der Waals surface area contributed by atoms with Gasteiger partial charge in [-0.25, -0.2) is 0 Å². The van der Waals surface area contributed by atoms with Crippen molar-refractivity contribution >= 4 is 5.69 Å². The van der Waals surface area contributed by atoms with Crippen molar-refractivity contribution in [2.24, 2.45) is 5.73 Å². The van der Waals surface area contributed by atoms with Crippen molar-refractivity contribution in [1.29, 1.82) is 0 Å². The number of hydrogen-bond acceptors (Lipinski definition) is 4. The van der Waals surface area contributed by atoms with Crippen LogP contribution in [0.25, 0.3) is 0 Å². The average molecular weight is 196 g/mol. The van der Waals surface area contributed by atoms with Crippen LogP contribution in [0.1, 0.15) is 19.4 Å². The summed E-state index contributed by atoms with van der Waals surface area (Å²) in [7, 11) is 0. The molecule has 0 aliphatic rings. The van der Waals surface area contributed by atoms with Gasteiger partial charge in [-0.05, 0) is 19.9 Å². The van der Waals surface area contributed by atoms with Gasteiger partial charge in [0.1, 0.15) is 5.75 Å². The second-order valence-electron chi connectivity index (χ2n) is 3.68. The molecule has 3 N–H and O–H groups in total. The van der Waals surface area contributed by atoms with Gasteiger partial charge in [-0.1, -0.05) is 0 Å². The molecule has 0 aliphatic heterocycles. The molecule has 1 aromatic carbocycles. The summed E-state index contributed by atoms with van der Waals surface area (Å²) >= 11 is 0. The zero-order valence-corrected chi connectivity index (χ0v) is 8.02. The Morgan fingerprint density at radius 1 is 1.50 bits per heavy atom. The lowest BCUT2D eigenvalue weighted by Gasteiger charge is -2.19. The van der Waals surface area contributed by atoms with Crippen LogP contribution >= 0.6 is 0 Å². The van der Waals surface area contributed by atoms with Crippen LogP contribution in [0.3, 0.4) is 0 Å². The highest BCUT2D eigenvalue weighted by molar-refractivity contribution is 5.45. The number of benzene rings is 1. The molecule has 0 aromatic heterocycles. The molecule has 1 aromatic rings. The van der Waals surface area contributed by atoms with Crippen molar-refractivity contribution in [1.82, 2.24) is 0 Å². The van der Waals surface area contributed by atoms with E-state index in [2.05, 4.69) is 0 Å². The van der Waals surface area contributed by atoms with Crippen LogP contribution in [0.15, 0.2) is 18.2 Å². The Balaban J connectivity index is 3.29. The first kappa shape index (κ1) is 10.5. The van der Waals surface area contributed by atoms with Crippen molar-refractivity contribution in [3.8, 4) is 5.75 Å². The van der Waals surface area contributed by atoms with E-state index in [0.29, 0.717) is 5.56 Å². The number of rotatable bonds is 2. The molecule has 0 fully saturated rings. The minimum absolute atomic E-state index is 0.0249. The smallest absolute Gasteiger partial charge is 0.270 e. The largest absolute Gasteiger partial charge is 0.508 e. The highest BCUT2D eigenvalue weighted by Gasteiger charge is 2.21. The highest BCUT2D eigenvalue weighted by atomic mass is 16.6. The molecule has 14 heavy (non-hydrogen) atoms. The molecule has 0 saturated heterocycles. The summed E-state index contributed by atoms with van der Waals surface area (Å²) < 4.78 is 0. The first-order valence-electron chi connectivity index (χ1n) is 4.09. The zero-order valence-electron chi connectivity index (χ0n) is 8.02. The van der Waals surface area contributed by atoms with Crippen molar-refractivity contribution in [2.75, 3.05) is 0 Å². The molecule has 0 spiro atoms. The van der Waals surface area contributed by atoms with Crippen LogP contribution in [0.5, 0.6) is 5.75 Å². The molecule has 5 nitrogen and oxygen atoms in total. The number of hydrogen-bond donors (Lipinski definition) is 2. The van der Waals surface area contributed by atoms with Gasteiger partial charge in [0, 0.05) is 23.2 Å². The molecule has 0 saturated carbocycles. The van der Waals surface area contributed by atoms with Crippen LogP contribution in [-0.2, 0) is 5.54 Å². The molecule has 0 atom stereocenters. The molecule has 5 heteroatoms. The minimum Gasteiger partial charge on any atom is -0.508 e. The molecular formula is C9H12N2O3. The predicted molar refractivity (Wildman–Crippen MR) is 52.0 cm³/mol. The van der Waals surface area contributed by atoms with Crippen LogP contribution < -0.4 is 5.73 Å². The third kappa shape index (κ3) is 2.00. The van der Waals surface area contributed by atoms with E-state index < -0.39 is 10.5 Å². The summed E-state index contributed by atoms with van der Waals surface area (Å²) in [6, 6.07) is 3.81. The first-order valence-corrected chi connectivity index (χ1v) is 4.09. The number of nitro benzene ring substituents is 1. The maximum absolute atomic E-state index is 10.5. The van der Waals surface area contributed by atoms with E-state index in [0.717, 1.165) is 0 Å². The number of phenolic OH excluding ortho intramolecular Hbond substituents is 1. The maximum atomic E-state index is 10.5. The topological polar surface area (TPSA) is 89.4 Å². The Kier molecular flexibility index (Phi) is 2.44. The number of nitro groups is 1. The van der Waals surface area contributed by atoms with Gasteiger partial charge in [-0.15, -0.1) is 0 Å². The number of nitrogens with two attached hydrogens (primary N) is 1. The van der Waals surface area contributed by atoms with Crippen molar-refractivity contribution in [2.45, 2.75) is 19.4 Å². The van der Waals surface area contributed by atoms with E-state index in [4.69, 9.17) is 5.73 Å². The Morgan fingerprint density at radius 3 is 2.50 bits per heavy atom. The van der Waals surface area contributed by atoms with Gasteiger partial charge in [0.15, 0.2) is 0 Å². The quantitative estimate of drug-likeness (QED) is 0.554. The second kappa shape index (κ2) is 3.26. The monoisotopic (exact) mass is 196 g/mol. The van der Waals surface area contributed by atoms with Gasteiger partial charge in [0.25, 0.3) is 5.69 Å². The van der Waals surface area contributed by atoms with Gasteiger partial charge >= 0.3 is 0 Å². The molecular weight excluding hydrogens is 184 g/mol.